The average molecular weight is 313 g/mol. The fourth-order valence-corrected chi connectivity index (χ4v) is 2.36. The average Bonchev–Trinajstić information content (AvgIpc) is 2.44. The Morgan fingerprint density at radius 3 is 2.23 bits per heavy atom. The van der Waals surface area contributed by atoms with E-state index in [-0.39, 0.29) is 19.0 Å². The number of rotatable bonds is 9. The molecular formula is C15H27N3O4. The molecule has 0 amide bonds. The van der Waals surface area contributed by atoms with Crippen molar-refractivity contribution in [1.82, 2.24) is 14.4 Å². The van der Waals surface area contributed by atoms with Gasteiger partial charge in [0.15, 0.2) is 5.75 Å². The van der Waals surface area contributed by atoms with E-state index in [1.54, 1.807) is 4.90 Å². The maximum absolute atomic E-state index is 11.9. The summed E-state index contributed by atoms with van der Waals surface area (Å²) < 4.78 is 1.92. The normalized spacial score (nSPS) is 11.6. The highest BCUT2D eigenvalue weighted by Crippen LogP contribution is 2.17. The largest absolute Gasteiger partial charge is 0.503 e. The van der Waals surface area contributed by atoms with Gasteiger partial charge in [-0.2, -0.15) is 0 Å². The van der Waals surface area contributed by atoms with Crippen molar-refractivity contribution in [2.24, 2.45) is 0 Å². The van der Waals surface area contributed by atoms with Gasteiger partial charge in [0.1, 0.15) is 0 Å². The smallest absolute Gasteiger partial charge is 0.223 e. The Balaban J connectivity index is 3.15. The molecule has 1 rings (SSSR count). The monoisotopic (exact) mass is 313 g/mol. The Bertz CT molecular complexity index is 522. The van der Waals surface area contributed by atoms with Crippen LogP contribution in [0.3, 0.4) is 0 Å². The minimum atomic E-state index is -0.401. The zero-order chi connectivity index (χ0) is 16.7. The molecule has 7 nitrogen and oxygen atoms in total. The van der Waals surface area contributed by atoms with Crippen LogP contribution in [0.2, 0.25) is 0 Å². The summed E-state index contributed by atoms with van der Waals surface area (Å²) in [5.74, 6) is -0.259. The van der Waals surface area contributed by atoms with E-state index in [0.717, 1.165) is 12.2 Å². The molecule has 126 valence electrons. The first kappa shape index (κ1) is 18.6. The number of nitrogens with zero attached hydrogens (tertiary/aromatic N) is 3. The second kappa shape index (κ2) is 8.89. The van der Waals surface area contributed by atoms with E-state index in [4.69, 9.17) is 10.2 Å². The summed E-state index contributed by atoms with van der Waals surface area (Å²) in [7, 11) is 3.92. The lowest BCUT2D eigenvalue weighted by Gasteiger charge is -2.25. The maximum atomic E-state index is 11.9. The number of aromatic nitrogens is 1. The molecule has 0 saturated carbocycles. The molecule has 0 aromatic carbocycles. The van der Waals surface area contributed by atoms with Gasteiger partial charge in [-0.25, -0.2) is 0 Å². The lowest BCUT2D eigenvalue weighted by Crippen LogP contribution is -2.32. The van der Waals surface area contributed by atoms with Crippen LogP contribution >= 0.6 is 0 Å². The van der Waals surface area contributed by atoms with Crippen molar-refractivity contribution in [3.8, 4) is 5.75 Å². The van der Waals surface area contributed by atoms with Crippen molar-refractivity contribution in [2.75, 3.05) is 46.9 Å². The summed E-state index contributed by atoms with van der Waals surface area (Å²) in [5, 5.41) is 28.4. The molecule has 1 aromatic rings. The van der Waals surface area contributed by atoms with E-state index in [9.17, 15) is 9.90 Å². The van der Waals surface area contributed by atoms with Gasteiger partial charge in [-0.3, -0.25) is 9.69 Å². The molecule has 0 saturated heterocycles. The van der Waals surface area contributed by atoms with E-state index < -0.39 is 5.43 Å². The number of aliphatic hydroxyl groups is 2. The zero-order valence-electron chi connectivity index (χ0n) is 13.6. The molecule has 0 fully saturated rings. The van der Waals surface area contributed by atoms with E-state index in [1.807, 2.05) is 30.5 Å². The van der Waals surface area contributed by atoms with Crippen LogP contribution in [0.25, 0.3) is 0 Å². The Hall–Kier alpha value is -1.41. The standard InChI is InChI=1S/C15H27N3O4/c1-12-10-14(21)15(22)13(18(12)5-4-16(2)3)11-17(6-8-19)7-9-20/h10,19-20,22H,4-9,11H2,1-3H3. The van der Waals surface area contributed by atoms with Gasteiger partial charge >= 0.3 is 0 Å². The van der Waals surface area contributed by atoms with Crippen LogP contribution in [0.5, 0.6) is 5.75 Å². The molecule has 22 heavy (non-hydrogen) atoms. The highest BCUT2D eigenvalue weighted by molar-refractivity contribution is 5.29. The van der Waals surface area contributed by atoms with Gasteiger partial charge in [-0.1, -0.05) is 0 Å². The van der Waals surface area contributed by atoms with E-state index >= 15 is 0 Å². The lowest BCUT2D eigenvalue weighted by molar-refractivity contribution is 0.151. The molecule has 3 N–H and O–H groups in total. The minimum absolute atomic E-state index is 0.0471. The molecule has 0 spiro atoms. The number of hydrogen-bond donors (Lipinski definition) is 3. The first-order valence-electron chi connectivity index (χ1n) is 7.41. The van der Waals surface area contributed by atoms with Gasteiger partial charge in [0.05, 0.1) is 18.9 Å². The third-order valence-electron chi connectivity index (χ3n) is 3.57. The second-order valence-electron chi connectivity index (χ2n) is 5.62. The number of aliphatic hydroxyl groups excluding tert-OH is 2. The van der Waals surface area contributed by atoms with Gasteiger partial charge in [-0.05, 0) is 21.0 Å². The molecule has 1 aromatic heterocycles. The van der Waals surface area contributed by atoms with Gasteiger partial charge in [0.2, 0.25) is 5.43 Å². The second-order valence-corrected chi connectivity index (χ2v) is 5.62. The first-order valence-corrected chi connectivity index (χ1v) is 7.41. The Morgan fingerprint density at radius 1 is 1.14 bits per heavy atom. The zero-order valence-corrected chi connectivity index (χ0v) is 13.6. The number of aryl methyl sites for hydroxylation is 1. The minimum Gasteiger partial charge on any atom is -0.503 e. The van der Waals surface area contributed by atoms with Crippen LogP contribution in [0.15, 0.2) is 10.9 Å². The highest BCUT2D eigenvalue weighted by Gasteiger charge is 2.16. The third-order valence-corrected chi connectivity index (χ3v) is 3.57. The fraction of sp³-hybridized carbons (Fsp3) is 0.667. The summed E-state index contributed by atoms with van der Waals surface area (Å²) in [6, 6.07) is 1.43. The van der Waals surface area contributed by atoms with Crippen LogP contribution in [0.1, 0.15) is 11.4 Å². The van der Waals surface area contributed by atoms with Crippen molar-refractivity contribution in [1.29, 1.82) is 0 Å². The summed E-state index contributed by atoms with van der Waals surface area (Å²) in [6.45, 7) is 4.21. The molecule has 0 atom stereocenters. The number of hydrogen-bond acceptors (Lipinski definition) is 6. The highest BCUT2D eigenvalue weighted by atomic mass is 16.3. The van der Waals surface area contributed by atoms with Crippen LogP contribution in [-0.4, -0.2) is 76.6 Å². The van der Waals surface area contributed by atoms with Gasteiger partial charge in [0.25, 0.3) is 0 Å². The molecule has 0 aliphatic carbocycles. The quantitative estimate of drug-likeness (QED) is 0.554. The molecule has 0 bridgehead atoms. The SMILES string of the molecule is Cc1cc(=O)c(O)c(CN(CCO)CCO)n1CCN(C)C. The topological polar surface area (TPSA) is 89.2 Å². The molecule has 0 radical (unpaired) electrons. The van der Waals surface area contributed by atoms with Crippen molar-refractivity contribution in [3.63, 3.8) is 0 Å². The maximum Gasteiger partial charge on any atom is 0.223 e. The van der Waals surface area contributed by atoms with Crippen molar-refractivity contribution >= 4 is 0 Å². The molecule has 1 heterocycles. The number of likely N-dealkylation sites (N-methyl/N-ethyl adjacent to an activating group) is 1. The molecule has 0 unspecified atom stereocenters. The Labute approximate surface area is 131 Å². The summed E-state index contributed by atoms with van der Waals surface area (Å²) >= 11 is 0. The Morgan fingerprint density at radius 2 is 1.73 bits per heavy atom. The number of pyridine rings is 1. The summed E-state index contributed by atoms with van der Waals surface area (Å²) in [6.07, 6.45) is 0. The third kappa shape index (κ3) is 5.10. The van der Waals surface area contributed by atoms with E-state index in [0.29, 0.717) is 31.9 Å². The van der Waals surface area contributed by atoms with E-state index in [1.165, 1.54) is 6.07 Å². The Kier molecular flexibility index (Phi) is 7.53. The predicted octanol–water partition coefficient (Wildman–Crippen LogP) is -0.789. The summed E-state index contributed by atoms with van der Waals surface area (Å²) in [5.41, 5.74) is 0.905. The van der Waals surface area contributed by atoms with Gasteiger partial charge in [-0.15, -0.1) is 0 Å². The van der Waals surface area contributed by atoms with Crippen molar-refractivity contribution in [2.45, 2.75) is 20.0 Å². The summed E-state index contributed by atoms with van der Waals surface area (Å²) in [4.78, 5) is 15.7. The predicted molar refractivity (Wildman–Crippen MR) is 85.1 cm³/mol. The molecule has 0 aliphatic rings. The molecule has 0 aliphatic heterocycles. The van der Waals surface area contributed by atoms with Crippen molar-refractivity contribution < 1.29 is 15.3 Å². The van der Waals surface area contributed by atoms with Crippen LogP contribution in [0.4, 0.5) is 0 Å². The van der Waals surface area contributed by atoms with Gasteiger partial charge in [0, 0.05) is 44.5 Å². The van der Waals surface area contributed by atoms with E-state index in [2.05, 4.69) is 0 Å². The van der Waals surface area contributed by atoms with Crippen LogP contribution in [0, 0.1) is 6.92 Å². The lowest BCUT2D eigenvalue weighted by atomic mass is 10.2. The van der Waals surface area contributed by atoms with Crippen molar-refractivity contribution in [3.05, 3.63) is 27.7 Å². The number of aromatic hydroxyl groups is 1. The van der Waals surface area contributed by atoms with Gasteiger partial charge < -0.3 is 24.8 Å². The van der Waals surface area contributed by atoms with Crippen LogP contribution in [-0.2, 0) is 13.1 Å². The molecule has 7 heteroatoms. The molecular weight excluding hydrogens is 286 g/mol. The first-order chi connectivity index (χ1) is 10.4. The fourth-order valence-electron chi connectivity index (χ4n) is 2.36. The van der Waals surface area contributed by atoms with Crippen LogP contribution < -0.4 is 5.43 Å².